The van der Waals surface area contributed by atoms with Gasteiger partial charge in [0, 0.05) is 11.3 Å². The molecular weight excluding hydrogens is 194 g/mol. The zero-order valence-electron chi connectivity index (χ0n) is 8.06. The molecule has 0 aliphatic heterocycles. The Labute approximate surface area is 85.7 Å². The molecule has 1 aromatic carbocycles. The highest BCUT2D eigenvalue weighted by atomic mass is 16.1. The number of anilines is 1. The second-order valence-corrected chi connectivity index (χ2v) is 3.03. The Morgan fingerprint density at radius 1 is 1.47 bits per heavy atom. The van der Waals surface area contributed by atoms with Crippen LogP contribution in [0.4, 0.5) is 5.69 Å². The molecule has 0 saturated heterocycles. The first-order valence-corrected chi connectivity index (χ1v) is 4.36. The number of aromatic nitrogens is 4. The van der Waals surface area contributed by atoms with Gasteiger partial charge in [-0.2, -0.15) is 5.21 Å². The average molecular weight is 203 g/mol. The summed E-state index contributed by atoms with van der Waals surface area (Å²) in [7, 11) is 0. The monoisotopic (exact) mass is 203 g/mol. The van der Waals surface area contributed by atoms with Crippen LogP contribution in [0.2, 0.25) is 0 Å². The molecule has 76 valence electrons. The molecule has 0 unspecified atom stereocenters. The predicted octanol–water partition coefficient (Wildman–Crippen LogP) is 0.743. The minimum absolute atomic E-state index is 0.504. The summed E-state index contributed by atoms with van der Waals surface area (Å²) < 4.78 is 0. The van der Waals surface area contributed by atoms with E-state index in [1.165, 1.54) is 0 Å². The van der Waals surface area contributed by atoms with Crippen LogP contribution in [0.25, 0.3) is 11.4 Å². The fourth-order valence-electron chi connectivity index (χ4n) is 1.26. The molecule has 0 bridgehead atoms. The van der Waals surface area contributed by atoms with Gasteiger partial charge < -0.3 is 5.32 Å². The number of amides is 1. The molecule has 6 nitrogen and oxygen atoms in total. The quantitative estimate of drug-likeness (QED) is 0.721. The number of aromatic amines is 1. The molecule has 2 rings (SSSR count). The number of nitrogens with zero attached hydrogens (tertiary/aromatic N) is 3. The SMILES string of the molecule is Cc1ccc(-c2nn[nH]n2)cc1NC=O. The van der Waals surface area contributed by atoms with Gasteiger partial charge in [-0.05, 0) is 23.8 Å². The van der Waals surface area contributed by atoms with Gasteiger partial charge in [0.15, 0.2) is 0 Å². The van der Waals surface area contributed by atoms with Crippen molar-refractivity contribution in [2.45, 2.75) is 6.92 Å². The Balaban J connectivity index is 2.42. The first kappa shape index (κ1) is 9.32. The van der Waals surface area contributed by atoms with E-state index in [4.69, 9.17) is 0 Å². The molecule has 6 heteroatoms. The van der Waals surface area contributed by atoms with Gasteiger partial charge in [-0.3, -0.25) is 4.79 Å². The van der Waals surface area contributed by atoms with Gasteiger partial charge in [0.05, 0.1) is 0 Å². The number of tetrazole rings is 1. The number of carbonyl (C=O) groups excluding carboxylic acids is 1. The predicted molar refractivity (Wildman–Crippen MR) is 54.0 cm³/mol. The van der Waals surface area contributed by atoms with E-state index >= 15 is 0 Å². The van der Waals surface area contributed by atoms with E-state index in [2.05, 4.69) is 25.9 Å². The summed E-state index contributed by atoms with van der Waals surface area (Å²) in [6.45, 7) is 1.91. The van der Waals surface area contributed by atoms with E-state index in [1.54, 1.807) is 6.07 Å². The number of benzene rings is 1. The number of hydrogen-bond donors (Lipinski definition) is 2. The Hall–Kier alpha value is -2.24. The fourth-order valence-corrected chi connectivity index (χ4v) is 1.26. The van der Waals surface area contributed by atoms with Crippen LogP contribution < -0.4 is 5.32 Å². The van der Waals surface area contributed by atoms with E-state index < -0.39 is 0 Å². The maximum absolute atomic E-state index is 10.4. The first-order valence-electron chi connectivity index (χ1n) is 4.36. The number of carbonyl (C=O) groups is 1. The van der Waals surface area contributed by atoms with Gasteiger partial charge in [0.25, 0.3) is 0 Å². The molecule has 0 aliphatic rings. The zero-order valence-corrected chi connectivity index (χ0v) is 8.06. The van der Waals surface area contributed by atoms with Crippen molar-refractivity contribution in [3.8, 4) is 11.4 Å². The van der Waals surface area contributed by atoms with E-state index in [1.807, 2.05) is 19.1 Å². The Kier molecular flexibility index (Phi) is 2.40. The summed E-state index contributed by atoms with van der Waals surface area (Å²) in [6.07, 6.45) is 0.641. The van der Waals surface area contributed by atoms with Crippen molar-refractivity contribution in [3.05, 3.63) is 23.8 Å². The third-order valence-electron chi connectivity index (χ3n) is 2.06. The molecule has 0 aliphatic carbocycles. The summed E-state index contributed by atoms with van der Waals surface area (Å²) in [4.78, 5) is 10.4. The lowest BCUT2D eigenvalue weighted by atomic mass is 10.1. The van der Waals surface area contributed by atoms with Crippen LogP contribution in [0.1, 0.15) is 5.56 Å². The molecular formula is C9H9N5O. The van der Waals surface area contributed by atoms with Crippen LogP contribution in [-0.2, 0) is 4.79 Å². The first-order chi connectivity index (χ1) is 7.31. The minimum atomic E-state index is 0.504. The van der Waals surface area contributed by atoms with E-state index in [9.17, 15) is 4.79 Å². The lowest BCUT2D eigenvalue weighted by Crippen LogP contribution is -1.96. The molecule has 2 aromatic rings. The number of aryl methyl sites for hydroxylation is 1. The topological polar surface area (TPSA) is 83.6 Å². The van der Waals surface area contributed by atoms with Gasteiger partial charge >= 0.3 is 0 Å². The van der Waals surface area contributed by atoms with Crippen molar-refractivity contribution < 1.29 is 4.79 Å². The maximum Gasteiger partial charge on any atom is 0.211 e. The van der Waals surface area contributed by atoms with E-state index in [0.717, 1.165) is 16.8 Å². The molecule has 15 heavy (non-hydrogen) atoms. The van der Waals surface area contributed by atoms with E-state index in [-0.39, 0.29) is 0 Å². The smallest absolute Gasteiger partial charge is 0.211 e. The standard InChI is InChI=1S/C9H9N5O/c1-6-2-3-7(4-8(6)10-5-15)9-11-13-14-12-9/h2-5H,1H3,(H,10,15)(H,11,12,13,14). The van der Waals surface area contributed by atoms with Gasteiger partial charge in [0.1, 0.15) is 0 Å². The van der Waals surface area contributed by atoms with Gasteiger partial charge in [-0.1, -0.05) is 12.1 Å². The van der Waals surface area contributed by atoms with Crippen molar-refractivity contribution >= 4 is 12.1 Å². The van der Waals surface area contributed by atoms with Gasteiger partial charge in [-0.25, -0.2) is 0 Å². The third kappa shape index (κ3) is 1.83. The highest BCUT2D eigenvalue weighted by molar-refractivity contribution is 5.76. The Morgan fingerprint density at radius 2 is 2.33 bits per heavy atom. The van der Waals surface area contributed by atoms with Gasteiger partial charge in [-0.15, -0.1) is 10.2 Å². The molecule has 0 atom stereocenters. The van der Waals surface area contributed by atoms with Gasteiger partial charge in [0.2, 0.25) is 12.2 Å². The summed E-state index contributed by atoms with van der Waals surface area (Å²) in [5.74, 6) is 0.504. The lowest BCUT2D eigenvalue weighted by Gasteiger charge is -2.04. The summed E-state index contributed by atoms with van der Waals surface area (Å²) in [5, 5.41) is 16.2. The van der Waals surface area contributed by atoms with Crippen molar-refractivity contribution in [3.63, 3.8) is 0 Å². The van der Waals surface area contributed by atoms with Crippen LogP contribution >= 0.6 is 0 Å². The Morgan fingerprint density at radius 3 is 3.00 bits per heavy atom. The number of nitrogens with one attached hydrogen (secondary N) is 2. The van der Waals surface area contributed by atoms with Crippen LogP contribution in [0.3, 0.4) is 0 Å². The largest absolute Gasteiger partial charge is 0.328 e. The highest BCUT2D eigenvalue weighted by Gasteiger charge is 2.05. The van der Waals surface area contributed by atoms with Crippen LogP contribution in [0.15, 0.2) is 18.2 Å². The lowest BCUT2D eigenvalue weighted by molar-refractivity contribution is -0.105. The van der Waals surface area contributed by atoms with Crippen LogP contribution in [0.5, 0.6) is 0 Å². The van der Waals surface area contributed by atoms with Crippen LogP contribution in [-0.4, -0.2) is 27.0 Å². The van der Waals surface area contributed by atoms with Crippen molar-refractivity contribution in [2.75, 3.05) is 5.32 Å². The maximum atomic E-state index is 10.4. The zero-order chi connectivity index (χ0) is 10.7. The number of rotatable bonds is 3. The normalized spacial score (nSPS) is 9.93. The van der Waals surface area contributed by atoms with Crippen LogP contribution in [0, 0.1) is 6.92 Å². The second kappa shape index (κ2) is 3.87. The van der Waals surface area contributed by atoms with Crippen molar-refractivity contribution in [1.29, 1.82) is 0 Å². The molecule has 0 radical (unpaired) electrons. The molecule has 0 saturated carbocycles. The van der Waals surface area contributed by atoms with Crippen molar-refractivity contribution in [1.82, 2.24) is 20.6 Å². The number of hydrogen-bond acceptors (Lipinski definition) is 4. The molecule has 1 heterocycles. The molecule has 0 spiro atoms. The Bertz CT molecular complexity index is 465. The average Bonchev–Trinajstić information content (AvgIpc) is 2.75. The molecule has 1 aromatic heterocycles. The number of H-pyrrole nitrogens is 1. The third-order valence-corrected chi connectivity index (χ3v) is 2.06. The molecule has 0 fully saturated rings. The van der Waals surface area contributed by atoms with E-state index in [0.29, 0.717) is 12.2 Å². The highest BCUT2D eigenvalue weighted by Crippen LogP contribution is 2.21. The molecule has 1 amide bonds. The summed E-state index contributed by atoms with van der Waals surface area (Å²) in [5.41, 5.74) is 2.53. The summed E-state index contributed by atoms with van der Waals surface area (Å²) in [6, 6.07) is 5.56. The summed E-state index contributed by atoms with van der Waals surface area (Å²) >= 11 is 0. The van der Waals surface area contributed by atoms with Crippen molar-refractivity contribution in [2.24, 2.45) is 0 Å². The minimum Gasteiger partial charge on any atom is -0.328 e. The fraction of sp³-hybridized carbons (Fsp3) is 0.111. The second-order valence-electron chi connectivity index (χ2n) is 3.03. The molecule has 2 N–H and O–H groups in total.